The van der Waals surface area contributed by atoms with Crippen molar-refractivity contribution in [2.75, 3.05) is 33.6 Å². The number of aromatic nitrogens is 1. The Kier molecular flexibility index (Phi) is 8.51. The zero-order chi connectivity index (χ0) is 30.8. The number of hydrogen-bond donors (Lipinski definition) is 2. The number of nitrogens with one attached hydrogen (secondary N) is 2. The number of carbonyl (C=O) groups is 3. The number of amides is 3. The highest BCUT2D eigenvalue weighted by atomic mass is 32.1. The summed E-state index contributed by atoms with van der Waals surface area (Å²) in [5, 5.41) is 5.53. The Morgan fingerprint density at radius 1 is 1.09 bits per heavy atom. The molecule has 2 N–H and O–H groups in total. The van der Waals surface area contributed by atoms with Crippen LogP contribution >= 0.6 is 11.3 Å². The van der Waals surface area contributed by atoms with Crippen molar-refractivity contribution in [3.8, 4) is 28.4 Å². The van der Waals surface area contributed by atoms with Gasteiger partial charge in [-0.3, -0.25) is 24.5 Å². The first-order valence-corrected chi connectivity index (χ1v) is 14.3. The van der Waals surface area contributed by atoms with Crippen molar-refractivity contribution in [3.05, 3.63) is 69.5 Å². The number of benzene rings is 2. The first-order valence-electron chi connectivity index (χ1n) is 13.5. The Balaban J connectivity index is 1.46. The summed E-state index contributed by atoms with van der Waals surface area (Å²) >= 11 is 1.21. The number of fused-ring (bicyclic) bond motifs is 1. The van der Waals surface area contributed by atoms with E-state index in [9.17, 15) is 19.2 Å². The maximum atomic E-state index is 13.4. The molecule has 1 aliphatic heterocycles. The summed E-state index contributed by atoms with van der Waals surface area (Å²) in [6, 6.07) is 12.1. The molecule has 1 atom stereocenters. The lowest BCUT2D eigenvalue weighted by molar-refractivity contribution is -0.138. The fraction of sp³-hybridized carbons (Fsp3) is 0.290. The smallest absolute Gasteiger partial charge is 0.267 e. The largest absolute Gasteiger partial charge is 0.496 e. The normalized spacial score (nSPS) is 15.0. The van der Waals surface area contributed by atoms with Crippen LogP contribution in [0.1, 0.15) is 28.1 Å². The molecular formula is C31H32N4O7S. The summed E-state index contributed by atoms with van der Waals surface area (Å²) in [6.07, 6.45) is 1.42. The molecular weight excluding hydrogens is 572 g/mol. The van der Waals surface area contributed by atoms with Crippen LogP contribution in [0.3, 0.4) is 0 Å². The van der Waals surface area contributed by atoms with E-state index in [0.717, 1.165) is 16.7 Å². The van der Waals surface area contributed by atoms with E-state index in [1.54, 1.807) is 57.8 Å². The highest BCUT2D eigenvalue weighted by molar-refractivity contribution is 7.21. The van der Waals surface area contributed by atoms with E-state index in [4.69, 9.17) is 14.2 Å². The molecule has 11 nitrogen and oxygen atoms in total. The van der Waals surface area contributed by atoms with Crippen LogP contribution in [-0.2, 0) is 23.2 Å². The van der Waals surface area contributed by atoms with Crippen molar-refractivity contribution >= 4 is 44.8 Å². The van der Waals surface area contributed by atoms with Gasteiger partial charge < -0.3 is 29.0 Å². The summed E-state index contributed by atoms with van der Waals surface area (Å²) in [7, 11) is 8.80. The van der Waals surface area contributed by atoms with Crippen LogP contribution in [0.25, 0.3) is 21.2 Å². The quantitative estimate of drug-likeness (QED) is 0.276. The van der Waals surface area contributed by atoms with E-state index in [2.05, 4.69) is 10.6 Å². The minimum atomic E-state index is -0.796. The van der Waals surface area contributed by atoms with E-state index in [1.165, 1.54) is 15.9 Å². The molecule has 1 fully saturated rings. The lowest BCUT2D eigenvalue weighted by Gasteiger charge is -2.22. The third kappa shape index (κ3) is 6.25. The topological polar surface area (TPSA) is 128 Å². The van der Waals surface area contributed by atoms with Gasteiger partial charge in [-0.25, -0.2) is 0 Å². The van der Waals surface area contributed by atoms with Crippen LogP contribution in [0.2, 0.25) is 0 Å². The maximum Gasteiger partial charge on any atom is 0.267 e. The number of pyridine rings is 1. The molecule has 1 aliphatic rings. The Morgan fingerprint density at radius 2 is 1.81 bits per heavy atom. The second kappa shape index (κ2) is 12.3. The van der Waals surface area contributed by atoms with E-state index in [-0.39, 0.29) is 24.3 Å². The molecule has 224 valence electrons. The molecule has 2 aromatic heterocycles. The number of rotatable bonds is 9. The highest BCUT2D eigenvalue weighted by Crippen LogP contribution is 2.40. The predicted octanol–water partition coefficient (Wildman–Crippen LogP) is 3.78. The maximum absolute atomic E-state index is 13.4. The van der Waals surface area contributed by atoms with Crippen LogP contribution in [0, 0.1) is 0 Å². The summed E-state index contributed by atoms with van der Waals surface area (Å²) in [5.41, 5.74) is 2.66. The number of hydrogen-bond acceptors (Lipinski definition) is 9. The Bertz CT molecular complexity index is 1770. The van der Waals surface area contributed by atoms with E-state index < -0.39 is 17.9 Å². The lowest BCUT2D eigenvalue weighted by Crippen LogP contribution is -2.46. The van der Waals surface area contributed by atoms with E-state index >= 15 is 0 Å². The number of carbonyl (C=O) groups excluding carboxylic acids is 3. The molecule has 4 aromatic rings. The molecule has 0 radical (unpaired) electrons. The van der Waals surface area contributed by atoms with Crippen LogP contribution < -0.4 is 30.4 Å². The third-order valence-corrected chi connectivity index (χ3v) is 8.19. The average Bonchev–Trinajstić information content (AvgIpc) is 3.43. The second-order valence-electron chi connectivity index (χ2n) is 10.4. The second-order valence-corrected chi connectivity index (χ2v) is 11.5. The van der Waals surface area contributed by atoms with Gasteiger partial charge in [-0.2, -0.15) is 0 Å². The number of anilines is 1. The number of ether oxygens (including phenoxy) is 3. The SMILES string of the molecule is COc1cc(-c2cn(C)c(=O)c3cc(C(=O)Nc4cccc(OC5CCC(=O)NC5=O)c4)sc23)cc(OC)c1CN(C)C. The molecule has 3 heterocycles. The molecule has 1 unspecified atom stereocenters. The zero-order valence-corrected chi connectivity index (χ0v) is 25.3. The minimum absolute atomic E-state index is 0.194. The summed E-state index contributed by atoms with van der Waals surface area (Å²) in [6.45, 7) is 0.610. The van der Waals surface area contributed by atoms with Crippen molar-refractivity contribution < 1.29 is 28.6 Å². The molecule has 12 heteroatoms. The van der Waals surface area contributed by atoms with Crippen molar-refractivity contribution in [1.82, 2.24) is 14.8 Å². The average molecular weight is 605 g/mol. The van der Waals surface area contributed by atoms with Gasteiger partial charge >= 0.3 is 0 Å². The number of piperidine rings is 1. The van der Waals surface area contributed by atoms with Crippen molar-refractivity contribution in [2.45, 2.75) is 25.5 Å². The van der Waals surface area contributed by atoms with Crippen molar-refractivity contribution in [3.63, 3.8) is 0 Å². The van der Waals surface area contributed by atoms with E-state index in [0.29, 0.717) is 44.4 Å². The Morgan fingerprint density at radius 3 is 2.47 bits per heavy atom. The standard InChI is InChI=1S/C31H32N4O7S/c1-34(2)15-22-24(40-4)11-17(12-25(22)41-5)21-16-35(3)31(39)20-14-26(43-28(20)21)30(38)32-18-7-6-8-19(13-18)42-23-9-10-27(36)33-29(23)37/h6-8,11-14,16,23H,9-10,15H2,1-5H3,(H,32,38)(H,33,36,37). The summed E-state index contributed by atoms with van der Waals surface area (Å²) < 4.78 is 19.4. The van der Waals surface area contributed by atoms with Crippen LogP contribution in [0.5, 0.6) is 17.2 Å². The molecule has 0 spiro atoms. The molecule has 5 rings (SSSR count). The van der Waals surface area contributed by atoms with Crippen LogP contribution in [-0.4, -0.2) is 61.6 Å². The van der Waals surface area contributed by atoms with Gasteiger partial charge in [0.1, 0.15) is 17.2 Å². The molecule has 1 saturated heterocycles. The van der Waals surface area contributed by atoms with Crippen molar-refractivity contribution in [2.24, 2.45) is 7.05 Å². The fourth-order valence-corrected chi connectivity index (χ4v) is 6.05. The van der Waals surface area contributed by atoms with Gasteiger partial charge in [0.05, 0.1) is 30.0 Å². The summed E-state index contributed by atoms with van der Waals surface area (Å²) in [4.78, 5) is 52.4. The first kappa shape index (κ1) is 29.8. The van der Waals surface area contributed by atoms with Gasteiger partial charge in [0.25, 0.3) is 17.4 Å². The molecule has 2 aromatic carbocycles. The van der Waals surface area contributed by atoms with Gasteiger partial charge in [0.15, 0.2) is 6.10 Å². The summed E-state index contributed by atoms with van der Waals surface area (Å²) in [5.74, 6) is 0.463. The van der Waals surface area contributed by atoms with Crippen LogP contribution in [0.4, 0.5) is 5.69 Å². The van der Waals surface area contributed by atoms with Gasteiger partial charge in [-0.15, -0.1) is 11.3 Å². The van der Waals surface area contributed by atoms with Gasteiger partial charge in [0, 0.05) is 54.6 Å². The predicted molar refractivity (Wildman–Crippen MR) is 164 cm³/mol. The number of thiophene rings is 1. The molecule has 43 heavy (non-hydrogen) atoms. The highest BCUT2D eigenvalue weighted by Gasteiger charge is 2.28. The molecule has 0 aliphatic carbocycles. The van der Waals surface area contributed by atoms with E-state index in [1.807, 2.05) is 31.1 Å². The number of nitrogens with zero attached hydrogens (tertiary/aromatic N) is 2. The first-order chi connectivity index (χ1) is 20.6. The van der Waals surface area contributed by atoms with Gasteiger partial charge in [0.2, 0.25) is 5.91 Å². The molecule has 3 amide bonds. The van der Waals surface area contributed by atoms with Crippen LogP contribution in [0.15, 0.2) is 53.5 Å². The molecule has 0 saturated carbocycles. The Hall–Kier alpha value is -4.68. The monoisotopic (exact) mass is 604 g/mol. The van der Waals surface area contributed by atoms with Crippen molar-refractivity contribution in [1.29, 1.82) is 0 Å². The molecule has 0 bridgehead atoms. The number of aryl methyl sites for hydroxylation is 1. The number of methoxy groups -OCH3 is 2. The van der Waals surface area contributed by atoms with Gasteiger partial charge in [-0.05, 0) is 50.0 Å². The Labute approximate surface area is 252 Å². The zero-order valence-electron chi connectivity index (χ0n) is 24.5. The number of imide groups is 1. The fourth-order valence-electron chi connectivity index (χ4n) is 4.97. The minimum Gasteiger partial charge on any atom is -0.496 e. The third-order valence-electron chi connectivity index (χ3n) is 7.03. The lowest BCUT2D eigenvalue weighted by atomic mass is 10.0. The van der Waals surface area contributed by atoms with Gasteiger partial charge in [-0.1, -0.05) is 6.07 Å².